The van der Waals surface area contributed by atoms with E-state index in [9.17, 15) is 4.79 Å². The maximum atomic E-state index is 13.1. The van der Waals surface area contributed by atoms with Gasteiger partial charge in [-0.05, 0) is 61.4 Å². The number of fused-ring (bicyclic) bond motifs is 1. The van der Waals surface area contributed by atoms with Crippen molar-refractivity contribution in [1.82, 2.24) is 14.5 Å². The summed E-state index contributed by atoms with van der Waals surface area (Å²) in [5.41, 5.74) is 6.20. The topological polar surface area (TPSA) is 50.6 Å². The first-order valence-corrected chi connectivity index (χ1v) is 13.9. The van der Waals surface area contributed by atoms with E-state index in [1.165, 1.54) is 5.56 Å². The van der Waals surface area contributed by atoms with Crippen LogP contribution in [-0.2, 0) is 6.54 Å². The van der Waals surface area contributed by atoms with E-state index in [-0.39, 0.29) is 12.0 Å². The van der Waals surface area contributed by atoms with Gasteiger partial charge < -0.3 is 19.1 Å². The average Bonchev–Trinajstić information content (AvgIpc) is 3.36. The molecule has 2 heterocycles. The molecular formula is C34H34N4O2. The fourth-order valence-corrected chi connectivity index (χ4v) is 5.48. The summed E-state index contributed by atoms with van der Waals surface area (Å²) in [6.45, 7) is 7.73. The van der Waals surface area contributed by atoms with E-state index < -0.39 is 0 Å². The number of hydrogen-bond donors (Lipinski definition) is 0. The molecule has 1 amide bonds. The second kappa shape index (κ2) is 11.3. The number of amides is 1. The van der Waals surface area contributed by atoms with Gasteiger partial charge in [0.25, 0.3) is 5.91 Å². The zero-order chi connectivity index (χ0) is 27.5. The second-order valence-corrected chi connectivity index (χ2v) is 10.4. The Labute approximate surface area is 235 Å². The molecule has 0 saturated carbocycles. The van der Waals surface area contributed by atoms with Crippen molar-refractivity contribution in [3.8, 4) is 5.75 Å². The quantitative estimate of drug-likeness (QED) is 0.241. The van der Waals surface area contributed by atoms with Gasteiger partial charge in [-0.15, -0.1) is 0 Å². The Morgan fingerprint density at radius 3 is 2.25 bits per heavy atom. The molecule has 0 radical (unpaired) electrons. The van der Waals surface area contributed by atoms with E-state index in [0.29, 0.717) is 19.6 Å². The molecule has 1 fully saturated rings. The molecule has 0 N–H and O–H groups in total. The first-order chi connectivity index (χ1) is 19.6. The molecule has 0 aliphatic carbocycles. The van der Waals surface area contributed by atoms with Crippen LogP contribution >= 0.6 is 0 Å². The summed E-state index contributed by atoms with van der Waals surface area (Å²) in [6, 6.07) is 34.7. The zero-order valence-electron chi connectivity index (χ0n) is 23.0. The minimum atomic E-state index is -0.224. The lowest BCUT2D eigenvalue weighted by atomic mass is 10.1. The maximum Gasteiger partial charge on any atom is 0.254 e. The van der Waals surface area contributed by atoms with Crippen LogP contribution in [0.5, 0.6) is 5.75 Å². The van der Waals surface area contributed by atoms with Crippen LogP contribution in [0.2, 0.25) is 0 Å². The predicted octanol–water partition coefficient (Wildman–Crippen LogP) is 6.50. The standard InChI is InChI=1S/C34H34N4O2/c1-25-11-9-10-16-30(25)34(39)37-21-19-36(20-22-37)28-17-18-31-32(23-28)38(24-27-12-5-3-6-13-27)33(35-31)26(2)40-29-14-7-4-8-15-29/h3-18,23,26H,19-22,24H2,1-2H3. The number of hydrogen-bond acceptors (Lipinski definition) is 4. The Morgan fingerprint density at radius 1 is 0.850 bits per heavy atom. The molecular weight excluding hydrogens is 496 g/mol. The SMILES string of the molecule is Cc1ccccc1C(=O)N1CCN(c2ccc3nc(C(C)Oc4ccccc4)n(Cc4ccccc4)c3c2)CC1. The number of anilines is 1. The van der Waals surface area contributed by atoms with Crippen LogP contribution in [0.25, 0.3) is 11.0 Å². The van der Waals surface area contributed by atoms with Crippen LogP contribution in [0.3, 0.4) is 0 Å². The van der Waals surface area contributed by atoms with E-state index in [2.05, 4.69) is 58.9 Å². The first-order valence-electron chi connectivity index (χ1n) is 13.9. The van der Waals surface area contributed by atoms with Crippen LogP contribution in [0.4, 0.5) is 5.69 Å². The van der Waals surface area contributed by atoms with Crippen molar-refractivity contribution in [2.24, 2.45) is 0 Å². The van der Waals surface area contributed by atoms with Gasteiger partial charge in [-0.1, -0.05) is 66.7 Å². The number of ether oxygens (including phenoxy) is 1. The smallest absolute Gasteiger partial charge is 0.254 e. The van der Waals surface area contributed by atoms with Gasteiger partial charge in [0.1, 0.15) is 5.75 Å². The third-order valence-electron chi connectivity index (χ3n) is 7.67. The molecule has 202 valence electrons. The molecule has 1 aliphatic rings. The third-order valence-corrected chi connectivity index (χ3v) is 7.67. The Morgan fingerprint density at radius 2 is 1.52 bits per heavy atom. The van der Waals surface area contributed by atoms with Crippen LogP contribution in [0, 0.1) is 6.92 Å². The molecule has 1 aromatic heterocycles. The molecule has 4 aromatic carbocycles. The number of carbonyl (C=O) groups is 1. The molecule has 1 aliphatic heterocycles. The molecule has 1 unspecified atom stereocenters. The number of carbonyl (C=O) groups excluding carboxylic acids is 1. The highest BCUT2D eigenvalue weighted by Gasteiger charge is 2.24. The Balaban J connectivity index is 1.27. The molecule has 0 bridgehead atoms. The highest BCUT2D eigenvalue weighted by molar-refractivity contribution is 5.95. The van der Waals surface area contributed by atoms with E-state index >= 15 is 0 Å². The van der Waals surface area contributed by atoms with Crippen molar-refractivity contribution >= 4 is 22.6 Å². The van der Waals surface area contributed by atoms with Gasteiger partial charge in [-0.2, -0.15) is 0 Å². The van der Waals surface area contributed by atoms with E-state index in [1.807, 2.05) is 72.5 Å². The van der Waals surface area contributed by atoms with Gasteiger partial charge in [0.2, 0.25) is 0 Å². The predicted molar refractivity (Wildman–Crippen MR) is 160 cm³/mol. The normalized spacial score (nSPS) is 14.3. The van der Waals surface area contributed by atoms with Crippen LogP contribution < -0.4 is 9.64 Å². The molecule has 5 aromatic rings. The highest BCUT2D eigenvalue weighted by Crippen LogP contribution is 2.29. The minimum absolute atomic E-state index is 0.117. The van der Waals surface area contributed by atoms with Crippen molar-refractivity contribution in [3.63, 3.8) is 0 Å². The molecule has 6 heteroatoms. The van der Waals surface area contributed by atoms with Gasteiger partial charge in [-0.3, -0.25) is 4.79 Å². The number of rotatable bonds is 7. The summed E-state index contributed by atoms with van der Waals surface area (Å²) in [5.74, 6) is 1.84. The second-order valence-electron chi connectivity index (χ2n) is 10.4. The molecule has 40 heavy (non-hydrogen) atoms. The summed E-state index contributed by atoms with van der Waals surface area (Å²) in [5, 5.41) is 0. The third kappa shape index (κ3) is 5.30. The van der Waals surface area contributed by atoms with Crippen LogP contribution in [0.15, 0.2) is 103 Å². The molecule has 0 spiro atoms. The Kier molecular flexibility index (Phi) is 7.23. The number of piperazine rings is 1. The summed E-state index contributed by atoms with van der Waals surface area (Å²) < 4.78 is 8.58. The number of aromatic nitrogens is 2. The van der Waals surface area contributed by atoms with E-state index in [4.69, 9.17) is 9.72 Å². The first kappa shape index (κ1) is 25.7. The Bertz CT molecular complexity index is 1610. The number of para-hydroxylation sites is 1. The van der Waals surface area contributed by atoms with Crippen molar-refractivity contribution in [1.29, 1.82) is 0 Å². The van der Waals surface area contributed by atoms with Crippen molar-refractivity contribution < 1.29 is 9.53 Å². The number of nitrogens with zero attached hydrogens (tertiary/aromatic N) is 4. The molecule has 6 rings (SSSR count). The molecule has 1 atom stereocenters. The highest BCUT2D eigenvalue weighted by atomic mass is 16.5. The fourth-order valence-electron chi connectivity index (χ4n) is 5.48. The average molecular weight is 531 g/mol. The lowest BCUT2D eigenvalue weighted by molar-refractivity contribution is 0.0746. The van der Waals surface area contributed by atoms with Crippen LogP contribution in [-0.4, -0.2) is 46.5 Å². The molecule has 1 saturated heterocycles. The monoisotopic (exact) mass is 530 g/mol. The minimum Gasteiger partial charge on any atom is -0.483 e. The van der Waals surface area contributed by atoms with Gasteiger partial charge >= 0.3 is 0 Å². The summed E-state index contributed by atoms with van der Waals surface area (Å²) in [4.78, 5) is 22.5. The molecule has 6 nitrogen and oxygen atoms in total. The van der Waals surface area contributed by atoms with E-state index in [0.717, 1.165) is 52.5 Å². The fraction of sp³-hybridized carbons (Fsp3) is 0.235. The van der Waals surface area contributed by atoms with Gasteiger partial charge in [0.15, 0.2) is 11.9 Å². The van der Waals surface area contributed by atoms with Crippen LogP contribution in [0.1, 0.15) is 40.3 Å². The van der Waals surface area contributed by atoms with Gasteiger partial charge in [0, 0.05) is 44.0 Å². The van der Waals surface area contributed by atoms with Gasteiger partial charge in [-0.25, -0.2) is 4.98 Å². The number of aryl methyl sites for hydroxylation is 1. The lowest BCUT2D eigenvalue weighted by Crippen LogP contribution is -2.48. The van der Waals surface area contributed by atoms with Crippen molar-refractivity contribution in [2.45, 2.75) is 26.5 Å². The summed E-state index contributed by atoms with van der Waals surface area (Å²) >= 11 is 0. The summed E-state index contributed by atoms with van der Waals surface area (Å²) in [7, 11) is 0. The largest absolute Gasteiger partial charge is 0.483 e. The van der Waals surface area contributed by atoms with Crippen molar-refractivity contribution in [2.75, 3.05) is 31.1 Å². The van der Waals surface area contributed by atoms with Gasteiger partial charge in [0.05, 0.1) is 11.0 Å². The number of imidazole rings is 1. The number of benzene rings is 4. The zero-order valence-corrected chi connectivity index (χ0v) is 23.0. The summed E-state index contributed by atoms with van der Waals surface area (Å²) in [6.07, 6.45) is -0.224. The van der Waals surface area contributed by atoms with E-state index in [1.54, 1.807) is 0 Å². The maximum absolute atomic E-state index is 13.1. The Hall–Kier alpha value is -4.58. The lowest BCUT2D eigenvalue weighted by Gasteiger charge is -2.36. The van der Waals surface area contributed by atoms with Crippen molar-refractivity contribution in [3.05, 3.63) is 126 Å².